The molecule has 1 aliphatic carbocycles. The molecule has 35 heavy (non-hydrogen) atoms. The van der Waals surface area contributed by atoms with Gasteiger partial charge in [-0.2, -0.15) is 0 Å². The van der Waals surface area contributed by atoms with Gasteiger partial charge in [0.15, 0.2) is 20.0 Å². The van der Waals surface area contributed by atoms with E-state index < -0.39 is 47.7 Å². The smallest absolute Gasteiger partial charge is 0.310 e. The summed E-state index contributed by atoms with van der Waals surface area (Å²) in [5.41, 5.74) is 0.155. The van der Waals surface area contributed by atoms with Crippen LogP contribution in [0.3, 0.4) is 0 Å². The molecule has 1 heterocycles. The van der Waals surface area contributed by atoms with Gasteiger partial charge in [-0.3, -0.25) is 4.79 Å². The highest BCUT2D eigenvalue weighted by atomic mass is 32.2. The topological polar surface area (TPSA) is 118 Å². The highest BCUT2D eigenvalue weighted by Crippen LogP contribution is 2.46. The monoisotopic (exact) mass is 523 g/mol. The minimum atomic E-state index is -3.58. The number of rotatable bonds is 8. The van der Waals surface area contributed by atoms with Crippen molar-refractivity contribution in [2.75, 3.05) is 6.26 Å². The highest BCUT2D eigenvalue weighted by molar-refractivity contribution is 7.88. The molecule has 8 nitrogen and oxygen atoms in total. The zero-order valence-corrected chi connectivity index (χ0v) is 22.8. The number of carboxylic acids is 1. The minimum absolute atomic E-state index is 0.103. The summed E-state index contributed by atoms with van der Waals surface area (Å²) in [4.78, 5) is 20.7. The lowest BCUT2D eigenvalue weighted by Gasteiger charge is -2.40. The van der Waals surface area contributed by atoms with Crippen LogP contribution < -0.4 is 4.72 Å². The maximum absolute atomic E-state index is 13.2. The molecule has 2 aromatic rings. The molecule has 3 atom stereocenters. The molecular formula is C24H34FN3O5SSi. The van der Waals surface area contributed by atoms with Gasteiger partial charge in [0.1, 0.15) is 0 Å². The second-order valence-corrected chi connectivity index (χ2v) is 17.5. The third-order valence-electron chi connectivity index (χ3n) is 7.07. The van der Waals surface area contributed by atoms with Gasteiger partial charge in [-0.15, -0.1) is 0 Å². The average molecular weight is 524 g/mol. The molecule has 1 aromatic heterocycles. The van der Waals surface area contributed by atoms with Gasteiger partial charge in [-0.05, 0) is 49.0 Å². The molecule has 1 fully saturated rings. The number of nitrogens with zero attached hydrogens (tertiary/aromatic N) is 2. The number of aliphatic carboxylic acids is 1. The molecule has 0 saturated heterocycles. The van der Waals surface area contributed by atoms with Gasteiger partial charge >= 0.3 is 5.97 Å². The molecule has 0 aliphatic heterocycles. The summed E-state index contributed by atoms with van der Waals surface area (Å²) >= 11 is 0. The average Bonchev–Trinajstić information content (AvgIpc) is 3.03. The van der Waals surface area contributed by atoms with Crippen LogP contribution in [0, 0.1) is 11.2 Å². The largest absolute Gasteiger partial charge is 0.481 e. The zero-order chi connectivity index (χ0) is 26.2. The Kier molecular flexibility index (Phi) is 7.57. The van der Waals surface area contributed by atoms with Gasteiger partial charge in [0.25, 0.3) is 0 Å². The van der Waals surface area contributed by atoms with Crippen molar-refractivity contribution in [3.63, 3.8) is 0 Å². The fraction of sp³-hybridized carbons (Fsp3) is 0.542. The quantitative estimate of drug-likeness (QED) is 0.502. The molecule has 2 N–H and O–H groups in total. The number of sulfonamides is 1. The maximum Gasteiger partial charge on any atom is 0.310 e. The number of benzene rings is 1. The van der Waals surface area contributed by atoms with Gasteiger partial charge in [0.05, 0.1) is 30.2 Å². The third kappa shape index (κ3) is 6.52. The zero-order valence-electron chi connectivity index (χ0n) is 21.0. The van der Waals surface area contributed by atoms with E-state index in [2.05, 4.69) is 48.6 Å². The molecule has 0 amide bonds. The molecule has 1 aromatic carbocycles. The summed E-state index contributed by atoms with van der Waals surface area (Å²) in [5, 5.41) is 10.2. The van der Waals surface area contributed by atoms with Crippen LogP contribution in [0.2, 0.25) is 18.1 Å². The number of carbonyl (C=O) groups is 1. The Balaban J connectivity index is 1.95. The van der Waals surface area contributed by atoms with Gasteiger partial charge < -0.3 is 9.53 Å². The fourth-order valence-corrected chi connectivity index (χ4v) is 6.44. The highest BCUT2D eigenvalue weighted by Gasteiger charge is 2.54. The van der Waals surface area contributed by atoms with E-state index in [1.165, 1.54) is 0 Å². The standard InChI is InChI=1S/C24H34FN3O5SSi/c1-23(2,3)35(5,6)33-20-13-24(22(29)30,12-19(20)28-34(4,31)32)11-16-8-7-9-17(10-16)21-26-14-18(25)15-27-21/h7-10,14-15,19-20,28H,11-13H2,1-6H3,(H,29,30)/t19-,20+,24-/m1/s1. The lowest BCUT2D eigenvalue weighted by Crippen LogP contribution is -2.49. The predicted octanol–water partition coefficient (Wildman–Crippen LogP) is 4.00. The number of aromatic nitrogens is 2. The first-order valence-electron chi connectivity index (χ1n) is 11.5. The summed E-state index contributed by atoms with van der Waals surface area (Å²) in [6.07, 6.45) is 3.13. The molecule has 0 unspecified atom stereocenters. The lowest BCUT2D eigenvalue weighted by molar-refractivity contribution is -0.149. The van der Waals surface area contributed by atoms with E-state index in [-0.39, 0.29) is 24.3 Å². The van der Waals surface area contributed by atoms with E-state index in [0.717, 1.165) is 24.2 Å². The Morgan fingerprint density at radius 1 is 1.26 bits per heavy atom. The molecule has 3 rings (SSSR count). The van der Waals surface area contributed by atoms with Crippen LogP contribution in [-0.4, -0.2) is 56.2 Å². The first-order valence-corrected chi connectivity index (χ1v) is 16.3. The van der Waals surface area contributed by atoms with E-state index in [4.69, 9.17) is 4.43 Å². The molecule has 11 heteroatoms. The van der Waals surface area contributed by atoms with Gasteiger partial charge in [-0.1, -0.05) is 39.0 Å². The van der Waals surface area contributed by atoms with Crippen molar-refractivity contribution < 1.29 is 27.1 Å². The molecule has 1 saturated carbocycles. The minimum Gasteiger partial charge on any atom is -0.481 e. The van der Waals surface area contributed by atoms with E-state index in [0.29, 0.717) is 11.4 Å². The first kappa shape index (κ1) is 27.4. The van der Waals surface area contributed by atoms with Crippen LogP contribution in [0.4, 0.5) is 4.39 Å². The number of hydrogen-bond acceptors (Lipinski definition) is 6. The van der Waals surface area contributed by atoms with Crippen molar-refractivity contribution in [1.29, 1.82) is 0 Å². The molecule has 0 radical (unpaired) electrons. The molecule has 192 valence electrons. The van der Waals surface area contributed by atoms with Crippen molar-refractivity contribution in [3.8, 4) is 11.4 Å². The van der Waals surface area contributed by atoms with Crippen LogP contribution in [-0.2, 0) is 25.7 Å². The molecule has 0 bridgehead atoms. The van der Waals surface area contributed by atoms with Gasteiger partial charge in [0, 0.05) is 11.6 Å². The second-order valence-electron chi connectivity index (χ2n) is 11.0. The third-order valence-corrected chi connectivity index (χ3v) is 12.3. The van der Waals surface area contributed by atoms with E-state index >= 15 is 0 Å². The van der Waals surface area contributed by atoms with Gasteiger partial charge in [0.2, 0.25) is 10.0 Å². The van der Waals surface area contributed by atoms with Crippen molar-refractivity contribution in [1.82, 2.24) is 14.7 Å². The van der Waals surface area contributed by atoms with Crippen LogP contribution in [0.1, 0.15) is 39.2 Å². The number of carboxylic acid groups (broad SMARTS) is 1. The summed E-state index contributed by atoms with van der Waals surface area (Å²) in [5.74, 6) is -1.21. The normalized spacial score (nSPS) is 23.4. The number of nitrogens with one attached hydrogen (secondary N) is 1. The summed E-state index contributed by atoms with van der Waals surface area (Å²) in [6.45, 7) is 10.4. The van der Waals surface area contributed by atoms with Crippen molar-refractivity contribution in [3.05, 3.63) is 48.0 Å². The lowest BCUT2D eigenvalue weighted by atomic mass is 9.79. The second kappa shape index (κ2) is 9.68. The Morgan fingerprint density at radius 3 is 2.43 bits per heavy atom. The van der Waals surface area contributed by atoms with Crippen LogP contribution >= 0.6 is 0 Å². The van der Waals surface area contributed by atoms with E-state index in [9.17, 15) is 22.7 Å². The van der Waals surface area contributed by atoms with Crippen molar-refractivity contribution in [2.24, 2.45) is 5.41 Å². The first-order chi connectivity index (χ1) is 16.0. The van der Waals surface area contributed by atoms with Gasteiger partial charge in [-0.25, -0.2) is 27.5 Å². The number of halogens is 1. The Hall–Kier alpha value is -2.21. The van der Waals surface area contributed by atoms with Crippen LogP contribution in [0.25, 0.3) is 11.4 Å². The fourth-order valence-electron chi connectivity index (χ4n) is 4.30. The Morgan fingerprint density at radius 2 is 1.89 bits per heavy atom. The Labute approximate surface area is 207 Å². The Bertz CT molecular complexity index is 1180. The van der Waals surface area contributed by atoms with Crippen molar-refractivity contribution >= 4 is 24.3 Å². The summed E-state index contributed by atoms with van der Waals surface area (Å²) < 4.78 is 46.7. The SMILES string of the molecule is CC(C)(C)[Si](C)(C)O[C@H]1C[C@](Cc2cccc(-c3ncc(F)cn3)c2)(C(=O)O)C[C@H]1NS(C)(=O)=O. The van der Waals surface area contributed by atoms with E-state index in [1.54, 1.807) is 18.2 Å². The maximum atomic E-state index is 13.2. The summed E-state index contributed by atoms with van der Waals surface area (Å²) in [7, 11) is -5.89. The summed E-state index contributed by atoms with van der Waals surface area (Å²) in [6, 6.07) is 6.50. The van der Waals surface area contributed by atoms with Crippen LogP contribution in [0.5, 0.6) is 0 Å². The molecule has 1 aliphatic rings. The van der Waals surface area contributed by atoms with E-state index in [1.807, 2.05) is 6.07 Å². The van der Waals surface area contributed by atoms with Crippen LogP contribution in [0.15, 0.2) is 36.7 Å². The molecular weight excluding hydrogens is 489 g/mol. The molecule has 0 spiro atoms. The van der Waals surface area contributed by atoms with Crippen molar-refractivity contribution in [2.45, 2.75) is 70.3 Å². The number of hydrogen-bond donors (Lipinski definition) is 2. The predicted molar refractivity (Wildman–Crippen MR) is 134 cm³/mol.